The Morgan fingerprint density at radius 2 is 0.685 bits per heavy atom. The number of ether oxygens (including phenoxy) is 1. The van der Waals surface area contributed by atoms with Gasteiger partial charge in [-0.2, -0.15) is 0 Å². The van der Waals surface area contributed by atoms with Crippen molar-refractivity contribution in [2.45, 2.75) is 379 Å². The minimum absolute atomic E-state index is 0.00738. The highest BCUT2D eigenvalue weighted by atomic mass is 16.5. The molecule has 3 N–H and O–H groups in total. The molecule has 0 aromatic rings. The number of unbranched alkanes of at least 4 members (excludes halogenated alkanes) is 47. The van der Waals surface area contributed by atoms with Crippen LogP contribution in [0.2, 0.25) is 0 Å². The molecule has 0 aliphatic rings. The molecule has 0 radical (unpaired) electrons. The molecule has 0 rings (SSSR count). The van der Waals surface area contributed by atoms with Crippen molar-refractivity contribution in [3.05, 3.63) is 24.3 Å². The fourth-order valence-electron chi connectivity index (χ4n) is 10.4. The first-order chi connectivity index (χ1) is 36.0. The summed E-state index contributed by atoms with van der Waals surface area (Å²) in [5, 5.41) is 23.4. The molecule has 432 valence electrons. The minimum atomic E-state index is -0.672. The number of allylic oxidation sites excluding steroid dienone is 4. The Morgan fingerprint density at radius 1 is 0.384 bits per heavy atom. The molecule has 0 aliphatic carbocycles. The van der Waals surface area contributed by atoms with Crippen LogP contribution in [0.4, 0.5) is 0 Å². The zero-order valence-corrected chi connectivity index (χ0v) is 49.4. The molecule has 6 nitrogen and oxygen atoms in total. The Balaban J connectivity index is 3.45. The number of rotatable bonds is 62. The predicted molar refractivity (Wildman–Crippen MR) is 320 cm³/mol. The van der Waals surface area contributed by atoms with Crippen molar-refractivity contribution in [1.82, 2.24) is 5.32 Å². The zero-order chi connectivity index (χ0) is 52.9. The van der Waals surface area contributed by atoms with E-state index < -0.39 is 12.1 Å². The van der Waals surface area contributed by atoms with Crippen LogP contribution in [-0.2, 0) is 14.3 Å². The maximum Gasteiger partial charge on any atom is 0.305 e. The molecule has 0 aliphatic heterocycles. The number of esters is 1. The van der Waals surface area contributed by atoms with E-state index in [4.69, 9.17) is 4.74 Å². The quantitative estimate of drug-likeness (QED) is 0.0320. The highest BCUT2D eigenvalue weighted by molar-refractivity contribution is 5.76. The van der Waals surface area contributed by atoms with Crippen molar-refractivity contribution in [1.29, 1.82) is 0 Å². The third-order valence-electron chi connectivity index (χ3n) is 15.5. The summed E-state index contributed by atoms with van der Waals surface area (Å²) in [6.07, 6.45) is 77.7. The highest BCUT2D eigenvalue weighted by Gasteiger charge is 2.20. The van der Waals surface area contributed by atoms with Gasteiger partial charge >= 0.3 is 5.97 Å². The van der Waals surface area contributed by atoms with Gasteiger partial charge in [-0.25, -0.2) is 0 Å². The van der Waals surface area contributed by atoms with E-state index in [1.165, 1.54) is 289 Å². The third-order valence-corrected chi connectivity index (χ3v) is 15.5. The molecule has 0 bridgehead atoms. The standard InChI is InChI=1S/C67H129NO5/c1-3-5-7-9-11-13-15-16-17-18-19-20-24-27-30-33-36-40-43-47-51-55-59-65(70)64(63-69)68-66(71)60-56-52-48-44-41-37-34-31-28-25-22-21-23-26-29-32-35-38-42-46-50-54-58-62-73-67(72)61-57-53-49-45-39-14-12-10-8-6-4-2/h21,23,25,28,64-65,69-70H,3-20,22,24,26-27,29-63H2,1-2H3,(H,68,71)/b23-21-,28-25-. The molecule has 0 aromatic heterocycles. The molecule has 73 heavy (non-hydrogen) atoms. The first-order valence-electron chi connectivity index (χ1n) is 33.1. The molecule has 6 heteroatoms. The molecule has 0 spiro atoms. The fourth-order valence-corrected chi connectivity index (χ4v) is 10.4. The van der Waals surface area contributed by atoms with Gasteiger partial charge in [0.2, 0.25) is 5.91 Å². The van der Waals surface area contributed by atoms with Crippen LogP contribution in [0.1, 0.15) is 367 Å². The number of nitrogens with one attached hydrogen (secondary N) is 1. The van der Waals surface area contributed by atoms with Crippen LogP contribution in [0.3, 0.4) is 0 Å². The smallest absolute Gasteiger partial charge is 0.305 e. The summed E-state index contributed by atoms with van der Waals surface area (Å²) in [5.41, 5.74) is 0. The molecule has 0 heterocycles. The summed E-state index contributed by atoms with van der Waals surface area (Å²) in [6.45, 7) is 4.97. The zero-order valence-electron chi connectivity index (χ0n) is 49.4. The van der Waals surface area contributed by atoms with Crippen molar-refractivity contribution in [3.63, 3.8) is 0 Å². The molecule has 0 aromatic carbocycles. The van der Waals surface area contributed by atoms with E-state index in [1.54, 1.807) is 0 Å². The van der Waals surface area contributed by atoms with E-state index >= 15 is 0 Å². The van der Waals surface area contributed by atoms with E-state index in [9.17, 15) is 19.8 Å². The van der Waals surface area contributed by atoms with E-state index in [0.717, 1.165) is 44.9 Å². The van der Waals surface area contributed by atoms with E-state index in [1.807, 2.05) is 0 Å². The average Bonchev–Trinajstić information content (AvgIpc) is 3.39. The van der Waals surface area contributed by atoms with Gasteiger partial charge in [0.15, 0.2) is 0 Å². The Bertz CT molecular complexity index is 1140. The monoisotopic (exact) mass is 1030 g/mol. The van der Waals surface area contributed by atoms with Gasteiger partial charge < -0.3 is 20.3 Å². The Labute approximate surface area is 456 Å². The lowest BCUT2D eigenvalue weighted by Crippen LogP contribution is -2.45. The normalized spacial score (nSPS) is 12.7. The summed E-state index contributed by atoms with van der Waals surface area (Å²) in [6, 6.07) is -0.550. The predicted octanol–water partition coefficient (Wildman–Crippen LogP) is 21.0. The molecule has 0 fully saturated rings. The fraction of sp³-hybridized carbons (Fsp3) is 0.910. The maximum absolute atomic E-state index is 12.5. The van der Waals surface area contributed by atoms with Crippen molar-refractivity contribution in [2.24, 2.45) is 0 Å². The second-order valence-electron chi connectivity index (χ2n) is 22.8. The van der Waals surface area contributed by atoms with E-state index in [2.05, 4.69) is 43.5 Å². The van der Waals surface area contributed by atoms with Crippen molar-refractivity contribution in [3.8, 4) is 0 Å². The number of hydrogen-bond donors (Lipinski definition) is 3. The van der Waals surface area contributed by atoms with Crippen LogP contribution in [0.25, 0.3) is 0 Å². The lowest BCUT2D eigenvalue weighted by atomic mass is 10.0. The SMILES string of the molecule is CCCCCCCCCCCCCCCCCCCCCCCCC(O)C(CO)NC(=O)CCCCCCCCC/C=C\C/C=C\CCCCCCCCCCCOC(=O)CCCCCCCCCCCCC. The summed E-state index contributed by atoms with van der Waals surface area (Å²) >= 11 is 0. The summed E-state index contributed by atoms with van der Waals surface area (Å²) in [7, 11) is 0. The van der Waals surface area contributed by atoms with Gasteiger partial charge in [0.05, 0.1) is 25.4 Å². The largest absolute Gasteiger partial charge is 0.466 e. The van der Waals surface area contributed by atoms with Crippen molar-refractivity contribution in [2.75, 3.05) is 13.2 Å². The number of carbonyl (C=O) groups excluding carboxylic acids is 2. The summed E-state index contributed by atoms with van der Waals surface area (Å²) in [4.78, 5) is 24.5. The highest BCUT2D eigenvalue weighted by Crippen LogP contribution is 2.18. The van der Waals surface area contributed by atoms with Crippen LogP contribution in [0.15, 0.2) is 24.3 Å². The summed E-state index contributed by atoms with van der Waals surface area (Å²) < 4.78 is 5.46. The average molecular weight is 1030 g/mol. The van der Waals surface area contributed by atoms with Gasteiger partial charge in [0.1, 0.15) is 0 Å². The molecule has 1 amide bonds. The van der Waals surface area contributed by atoms with Gasteiger partial charge in [-0.1, -0.05) is 321 Å². The van der Waals surface area contributed by atoms with Gasteiger partial charge in [-0.3, -0.25) is 9.59 Å². The van der Waals surface area contributed by atoms with E-state index in [0.29, 0.717) is 25.9 Å². The molecule has 2 unspecified atom stereocenters. The van der Waals surface area contributed by atoms with Gasteiger partial charge in [-0.05, 0) is 57.8 Å². The first-order valence-corrected chi connectivity index (χ1v) is 33.1. The topological polar surface area (TPSA) is 95.9 Å². The van der Waals surface area contributed by atoms with Gasteiger partial charge in [0.25, 0.3) is 0 Å². The van der Waals surface area contributed by atoms with Gasteiger partial charge in [0, 0.05) is 12.8 Å². The molecule has 2 atom stereocenters. The lowest BCUT2D eigenvalue weighted by Gasteiger charge is -2.22. The number of aliphatic hydroxyl groups excluding tert-OH is 2. The Morgan fingerprint density at radius 3 is 1.04 bits per heavy atom. The number of aliphatic hydroxyl groups is 2. The number of carbonyl (C=O) groups is 2. The van der Waals surface area contributed by atoms with Crippen LogP contribution < -0.4 is 5.32 Å². The van der Waals surface area contributed by atoms with Crippen LogP contribution in [-0.4, -0.2) is 47.4 Å². The molecule has 0 saturated carbocycles. The molecule has 0 saturated heterocycles. The van der Waals surface area contributed by atoms with E-state index in [-0.39, 0.29) is 18.5 Å². The van der Waals surface area contributed by atoms with Crippen LogP contribution >= 0.6 is 0 Å². The minimum Gasteiger partial charge on any atom is -0.466 e. The summed E-state index contributed by atoms with van der Waals surface area (Å²) in [5.74, 6) is -0.0341. The molecular formula is C67H129NO5. The first kappa shape index (κ1) is 71.3. The maximum atomic E-state index is 12.5. The lowest BCUT2D eigenvalue weighted by molar-refractivity contribution is -0.143. The number of amides is 1. The number of hydrogen-bond acceptors (Lipinski definition) is 5. The molecular weight excluding hydrogens is 899 g/mol. The van der Waals surface area contributed by atoms with Crippen LogP contribution in [0, 0.1) is 0 Å². The van der Waals surface area contributed by atoms with Gasteiger partial charge in [-0.15, -0.1) is 0 Å². The second-order valence-corrected chi connectivity index (χ2v) is 22.8. The van der Waals surface area contributed by atoms with Crippen LogP contribution in [0.5, 0.6) is 0 Å². The Hall–Kier alpha value is -1.66. The second kappa shape index (κ2) is 62.9. The Kier molecular flexibility index (Phi) is 61.4. The van der Waals surface area contributed by atoms with Crippen molar-refractivity contribution >= 4 is 11.9 Å². The third kappa shape index (κ3) is 59.4. The van der Waals surface area contributed by atoms with Crippen molar-refractivity contribution < 1.29 is 24.5 Å².